The van der Waals surface area contributed by atoms with E-state index in [0.717, 1.165) is 12.8 Å². The second-order valence-corrected chi connectivity index (χ2v) is 4.74. The summed E-state index contributed by atoms with van der Waals surface area (Å²) in [6.45, 7) is 4.24. The standard InChI is InChI=1S/C10H19N3OS/c1-7-4-3-5-8(2)13(7)12-10(14)6-9(11)15/h7-8H,3-6H2,1-2H3,(H2,11,15)(H,12,14). The SMILES string of the molecule is CC1CCCC(C)N1NC(=O)CC(N)=S. The van der Waals surface area contributed by atoms with Crippen LogP contribution in [-0.4, -0.2) is 28.0 Å². The van der Waals surface area contributed by atoms with Crippen molar-refractivity contribution < 1.29 is 4.79 Å². The largest absolute Gasteiger partial charge is 0.393 e. The van der Waals surface area contributed by atoms with Crippen molar-refractivity contribution in [2.75, 3.05) is 0 Å². The highest BCUT2D eigenvalue weighted by molar-refractivity contribution is 7.80. The van der Waals surface area contributed by atoms with Gasteiger partial charge in [-0.25, -0.2) is 5.01 Å². The summed E-state index contributed by atoms with van der Waals surface area (Å²) in [5, 5.41) is 2.02. The smallest absolute Gasteiger partial charge is 0.241 e. The number of nitrogens with one attached hydrogen (secondary N) is 1. The Morgan fingerprint density at radius 3 is 2.47 bits per heavy atom. The molecule has 1 rings (SSSR count). The fourth-order valence-electron chi connectivity index (χ4n) is 1.98. The Morgan fingerprint density at radius 2 is 2.00 bits per heavy atom. The van der Waals surface area contributed by atoms with E-state index < -0.39 is 0 Å². The predicted molar refractivity (Wildman–Crippen MR) is 64.2 cm³/mol. The van der Waals surface area contributed by atoms with E-state index in [1.165, 1.54) is 6.42 Å². The normalized spacial score (nSPS) is 27.3. The number of carbonyl (C=O) groups excluding carboxylic acids is 1. The molecule has 15 heavy (non-hydrogen) atoms. The molecule has 0 aromatic heterocycles. The van der Waals surface area contributed by atoms with Crippen molar-refractivity contribution in [3.05, 3.63) is 0 Å². The Morgan fingerprint density at radius 1 is 1.47 bits per heavy atom. The zero-order valence-corrected chi connectivity index (χ0v) is 10.1. The molecule has 0 aromatic rings. The molecule has 0 saturated carbocycles. The molecule has 3 N–H and O–H groups in total. The van der Waals surface area contributed by atoms with Crippen LogP contribution in [0.15, 0.2) is 0 Å². The van der Waals surface area contributed by atoms with E-state index in [1.54, 1.807) is 0 Å². The predicted octanol–water partition coefficient (Wildman–Crippen LogP) is 0.957. The number of hydrogen-bond donors (Lipinski definition) is 2. The molecule has 1 fully saturated rings. The van der Waals surface area contributed by atoms with Crippen molar-refractivity contribution in [1.82, 2.24) is 10.4 Å². The van der Waals surface area contributed by atoms with E-state index in [2.05, 4.69) is 19.3 Å². The van der Waals surface area contributed by atoms with Crippen molar-refractivity contribution in [2.45, 2.75) is 51.6 Å². The zero-order chi connectivity index (χ0) is 11.4. The van der Waals surface area contributed by atoms with Gasteiger partial charge in [-0.2, -0.15) is 0 Å². The van der Waals surface area contributed by atoms with E-state index in [4.69, 9.17) is 18.0 Å². The van der Waals surface area contributed by atoms with Gasteiger partial charge in [0.25, 0.3) is 0 Å². The van der Waals surface area contributed by atoms with Crippen molar-refractivity contribution in [2.24, 2.45) is 5.73 Å². The second-order valence-electron chi connectivity index (χ2n) is 4.21. The van der Waals surface area contributed by atoms with Gasteiger partial charge in [-0.3, -0.25) is 10.2 Å². The summed E-state index contributed by atoms with van der Waals surface area (Å²) in [7, 11) is 0. The number of nitrogens with two attached hydrogens (primary N) is 1. The summed E-state index contributed by atoms with van der Waals surface area (Å²) in [6.07, 6.45) is 3.60. The number of hydrogen-bond acceptors (Lipinski definition) is 3. The molecular formula is C10H19N3OS. The topological polar surface area (TPSA) is 58.4 Å². The van der Waals surface area contributed by atoms with Crippen molar-refractivity contribution in [3.63, 3.8) is 0 Å². The fourth-order valence-corrected chi connectivity index (χ4v) is 2.11. The first-order valence-electron chi connectivity index (χ1n) is 5.37. The van der Waals surface area contributed by atoms with E-state index in [-0.39, 0.29) is 17.3 Å². The highest BCUT2D eigenvalue weighted by Crippen LogP contribution is 2.20. The third kappa shape index (κ3) is 3.76. The lowest BCUT2D eigenvalue weighted by Gasteiger charge is -2.38. The number of rotatable bonds is 3. The van der Waals surface area contributed by atoms with Crippen LogP contribution < -0.4 is 11.2 Å². The Hall–Kier alpha value is -0.680. The van der Waals surface area contributed by atoms with Crippen LogP contribution in [-0.2, 0) is 4.79 Å². The summed E-state index contributed by atoms with van der Waals surface area (Å²) in [5.41, 5.74) is 8.20. The second kappa shape index (κ2) is 5.42. The van der Waals surface area contributed by atoms with Gasteiger partial charge in [0.15, 0.2) is 0 Å². The summed E-state index contributed by atoms with van der Waals surface area (Å²) in [5.74, 6) is -0.108. The first kappa shape index (κ1) is 12.4. The van der Waals surface area contributed by atoms with Crippen LogP contribution in [0, 0.1) is 0 Å². The van der Waals surface area contributed by atoms with E-state index in [1.807, 2.05) is 5.01 Å². The molecule has 0 bridgehead atoms. The number of hydrazine groups is 1. The Balaban J connectivity index is 2.47. The average molecular weight is 229 g/mol. The quantitative estimate of drug-likeness (QED) is 0.708. The monoisotopic (exact) mass is 229 g/mol. The average Bonchev–Trinajstić information content (AvgIpc) is 2.10. The molecule has 1 amide bonds. The third-order valence-electron chi connectivity index (χ3n) is 2.78. The number of thiocarbonyl (C=S) groups is 1. The molecule has 0 aliphatic carbocycles. The molecule has 0 spiro atoms. The van der Waals surface area contributed by atoms with Crippen LogP contribution >= 0.6 is 12.2 Å². The van der Waals surface area contributed by atoms with Gasteiger partial charge in [-0.05, 0) is 26.7 Å². The molecule has 2 atom stereocenters. The molecule has 1 saturated heterocycles. The maximum Gasteiger partial charge on any atom is 0.241 e. The number of nitrogens with zero attached hydrogens (tertiary/aromatic N) is 1. The minimum absolute atomic E-state index is 0.108. The van der Waals surface area contributed by atoms with Gasteiger partial charge in [0.1, 0.15) is 0 Å². The van der Waals surface area contributed by atoms with Crippen LogP contribution in [0.5, 0.6) is 0 Å². The molecule has 0 radical (unpaired) electrons. The molecule has 1 aliphatic heterocycles. The molecule has 2 unspecified atom stereocenters. The van der Waals surface area contributed by atoms with Crippen molar-refractivity contribution >= 4 is 23.1 Å². The van der Waals surface area contributed by atoms with E-state index in [9.17, 15) is 4.79 Å². The minimum atomic E-state index is -0.108. The van der Waals surface area contributed by atoms with Gasteiger partial charge < -0.3 is 5.73 Å². The summed E-state index contributed by atoms with van der Waals surface area (Å²) >= 11 is 4.70. The Kier molecular flexibility index (Phi) is 4.47. The molecule has 1 heterocycles. The Labute approximate surface area is 96.2 Å². The number of carbonyl (C=O) groups is 1. The van der Waals surface area contributed by atoms with Gasteiger partial charge >= 0.3 is 0 Å². The third-order valence-corrected chi connectivity index (χ3v) is 2.93. The van der Waals surface area contributed by atoms with Crippen molar-refractivity contribution in [1.29, 1.82) is 0 Å². The molecule has 5 heteroatoms. The van der Waals surface area contributed by atoms with Gasteiger partial charge in [-0.15, -0.1) is 0 Å². The van der Waals surface area contributed by atoms with Crippen LogP contribution in [0.25, 0.3) is 0 Å². The molecular weight excluding hydrogens is 210 g/mol. The minimum Gasteiger partial charge on any atom is -0.393 e. The zero-order valence-electron chi connectivity index (χ0n) is 9.32. The lowest BCUT2D eigenvalue weighted by Crippen LogP contribution is -2.54. The summed E-state index contributed by atoms with van der Waals surface area (Å²) < 4.78 is 0. The summed E-state index contributed by atoms with van der Waals surface area (Å²) in [4.78, 5) is 11.7. The molecule has 4 nitrogen and oxygen atoms in total. The maximum atomic E-state index is 11.5. The van der Waals surface area contributed by atoms with Crippen LogP contribution in [0.4, 0.5) is 0 Å². The van der Waals surface area contributed by atoms with Crippen molar-refractivity contribution in [3.8, 4) is 0 Å². The lowest BCUT2D eigenvalue weighted by atomic mass is 10.00. The van der Waals surface area contributed by atoms with Crippen LogP contribution in [0.1, 0.15) is 39.5 Å². The van der Waals surface area contributed by atoms with Gasteiger partial charge in [0, 0.05) is 12.1 Å². The molecule has 1 aliphatic rings. The first-order valence-corrected chi connectivity index (χ1v) is 5.77. The highest BCUT2D eigenvalue weighted by atomic mass is 32.1. The van der Waals surface area contributed by atoms with E-state index >= 15 is 0 Å². The highest BCUT2D eigenvalue weighted by Gasteiger charge is 2.25. The number of piperidine rings is 1. The van der Waals surface area contributed by atoms with Crippen LogP contribution in [0.3, 0.4) is 0 Å². The maximum absolute atomic E-state index is 11.5. The molecule has 86 valence electrons. The van der Waals surface area contributed by atoms with Gasteiger partial charge in [0.05, 0.1) is 11.4 Å². The summed E-state index contributed by atoms with van der Waals surface area (Å²) in [6, 6.07) is 0.785. The van der Waals surface area contributed by atoms with Crippen LogP contribution in [0.2, 0.25) is 0 Å². The van der Waals surface area contributed by atoms with Gasteiger partial charge in [-0.1, -0.05) is 18.6 Å². The van der Waals surface area contributed by atoms with Gasteiger partial charge in [0.2, 0.25) is 5.91 Å². The van der Waals surface area contributed by atoms with E-state index in [0.29, 0.717) is 12.1 Å². The fraction of sp³-hybridized carbons (Fsp3) is 0.800. The number of amides is 1. The Bertz CT molecular complexity index is 247. The lowest BCUT2D eigenvalue weighted by molar-refractivity contribution is -0.128. The first-order chi connectivity index (χ1) is 7.00. The molecule has 0 aromatic carbocycles.